The van der Waals surface area contributed by atoms with Gasteiger partial charge in [0.15, 0.2) is 0 Å². The Morgan fingerprint density at radius 3 is 1.73 bits per heavy atom. The van der Waals surface area contributed by atoms with E-state index >= 15 is 0 Å². The summed E-state index contributed by atoms with van der Waals surface area (Å²) >= 11 is 0. The van der Waals surface area contributed by atoms with Crippen molar-refractivity contribution in [1.29, 1.82) is 0 Å². The summed E-state index contributed by atoms with van der Waals surface area (Å²) in [5.74, 6) is 2.74. The lowest BCUT2D eigenvalue weighted by molar-refractivity contribution is -0.105. The summed E-state index contributed by atoms with van der Waals surface area (Å²) < 4.78 is 0. The highest BCUT2D eigenvalue weighted by Crippen LogP contribution is 2.64. The minimum Gasteiger partial charge on any atom is -0.0622 e. The van der Waals surface area contributed by atoms with Crippen LogP contribution in [0.25, 0.3) is 0 Å². The average molecular weight is 208 g/mol. The van der Waals surface area contributed by atoms with E-state index in [0.29, 0.717) is 5.41 Å². The molecule has 0 aromatic heterocycles. The molecule has 1 unspecified atom stereocenters. The molecule has 2 bridgehead atoms. The van der Waals surface area contributed by atoms with E-state index in [0.717, 1.165) is 23.2 Å². The predicted molar refractivity (Wildman–Crippen MR) is 66.8 cm³/mol. The standard InChI is InChI=1S/C15H28/c1-11(2)14-6-8-15(9-7-14,12(3)4)13(5)10-14/h11-13H,6-10H2,1-5H3. The van der Waals surface area contributed by atoms with E-state index < -0.39 is 0 Å². The second-order valence-corrected chi connectivity index (χ2v) is 7.01. The van der Waals surface area contributed by atoms with E-state index in [1.807, 2.05) is 0 Å². The van der Waals surface area contributed by atoms with Gasteiger partial charge in [0, 0.05) is 0 Å². The molecule has 3 fully saturated rings. The molecule has 0 saturated heterocycles. The van der Waals surface area contributed by atoms with Gasteiger partial charge >= 0.3 is 0 Å². The van der Waals surface area contributed by atoms with E-state index in [4.69, 9.17) is 0 Å². The average Bonchev–Trinajstić information content (AvgIpc) is 2.18. The Bertz CT molecular complexity index is 228. The van der Waals surface area contributed by atoms with Crippen molar-refractivity contribution >= 4 is 0 Å². The van der Waals surface area contributed by atoms with Crippen LogP contribution in [0.2, 0.25) is 0 Å². The van der Waals surface area contributed by atoms with E-state index in [2.05, 4.69) is 34.6 Å². The quantitative estimate of drug-likeness (QED) is 0.606. The number of hydrogen-bond acceptors (Lipinski definition) is 0. The van der Waals surface area contributed by atoms with Crippen molar-refractivity contribution in [2.45, 2.75) is 66.7 Å². The molecule has 1 atom stereocenters. The molecule has 0 aliphatic heterocycles. The minimum absolute atomic E-state index is 0.705. The van der Waals surface area contributed by atoms with Gasteiger partial charge in [-0.05, 0) is 60.7 Å². The van der Waals surface area contributed by atoms with Crippen molar-refractivity contribution < 1.29 is 0 Å². The number of hydrogen-bond donors (Lipinski definition) is 0. The maximum atomic E-state index is 2.52. The molecular weight excluding hydrogens is 180 g/mol. The van der Waals surface area contributed by atoms with Crippen molar-refractivity contribution in [2.24, 2.45) is 28.6 Å². The van der Waals surface area contributed by atoms with Gasteiger partial charge < -0.3 is 0 Å². The fourth-order valence-electron chi connectivity index (χ4n) is 4.68. The van der Waals surface area contributed by atoms with Crippen LogP contribution in [0.1, 0.15) is 66.7 Å². The summed E-state index contributed by atoms with van der Waals surface area (Å²) in [6.45, 7) is 12.3. The van der Waals surface area contributed by atoms with Crippen LogP contribution >= 0.6 is 0 Å². The molecule has 0 nitrogen and oxygen atoms in total. The van der Waals surface area contributed by atoms with Crippen LogP contribution in [0.3, 0.4) is 0 Å². The first-order chi connectivity index (χ1) is 6.93. The van der Waals surface area contributed by atoms with Gasteiger partial charge in [0.2, 0.25) is 0 Å². The third-order valence-electron chi connectivity index (χ3n) is 6.25. The molecule has 3 aliphatic rings. The maximum absolute atomic E-state index is 2.52. The van der Waals surface area contributed by atoms with Crippen LogP contribution in [0.5, 0.6) is 0 Å². The van der Waals surface area contributed by atoms with Crippen LogP contribution in [0, 0.1) is 28.6 Å². The van der Waals surface area contributed by atoms with Crippen molar-refractivity contribution in [2.75, 3.05) is 0 Å². The zero-order valence-corrected chi connectivity index (χ0v) is 11.3. The fourth-order valence-corrected chi connectivity index (χ4v) is 4.68. The Morgan fingerprint density at radius 1 is 0.867 bits per heavy atom. The molecule has 3 rings (SSSR count). The molecule has 0 N–H and O–H groups in total. The largest absolute Gasteiger partial charge is 0.0622 e. The zero-order chi connectivity index (χ0) is 11.3. The fraction of sp³-hybridized carbons (Fsp3) is 1.00. The molecule has 3 aliphatic carbocycles. The lowest BCUT2D eigenvalue weighted by Crippen LogP contribution is -2.51. The van der Waals surface area contributed by atoms with Gasteiger partial charge in [0.25, 0.3) is 0 Å². The second kappa shape index (κ2) is 3.50. The number of rotatable bonds is 2. The van der Waals surface area contributed by atoms with Crippen LogP contribution < -0.4 is 0 Å². The van der Waals surface area contributed by atoms with Crippen molar-refractivity contribution in [3.8, 4) is 0 Å². The summed E-state index contributed by atoms with van der Waals surface area (Å²) in [7, 11) is 0. The van der Waals surface area contributed by atoms with Gasteiger partial charge in [-0.1, -0.05) is 34.6 Å². The van der Waals surface area contributed by atoms with Crippen molar-refractivity contribution in [1.82, 2.24) is 0 Å². The minimum atomic E-state index is 0.705. The highest BCUT2D eigenvalue weighted by Gasteiger charge is 2.54. The topological polar surface area (TPSA) is 0 Å². The molecular formula is C15H28. The predicted octanol–water partition coefficient (Wildman–Crippen LogP) is 4.89. The Balaban J connectivity index is 2.23. The highest BCUT2D eigenvalue weighted by atomic mass is 14.6. The van der Waals surface area contributed by atoms with Gasteiger partial charge in [0.1, 0.15) is 0 Å². The molecule has 0 heterocycles. The Kier molecular flexibility index (Phi) is 2.68. The normalized spacial score (nSPS) is 45.4. The van der Waals surface area contributed by atoms with Crippen molar-refractivity contribution in [3.63, 3.8) is 0 Å². The third-order valence-corrected chi connectivity index (χ3v) is 6.25. The molecule has 0 aromatic rings. The number of fused-ring (bicyclic) bond motifs is 3. The first-order valence-corrected chi connectivity index (χ1v) is 6.93. The van der Waals surface area contributed by atoms with Crippen LogP contribution in [-0.4, -0.2) is 0 Å². The first kappa shape index (κ1) is 11.5. The van der Waals surface area contributed by atoms with E-state index in [-0.39, 0.29) is 0 Å². The molecule has 0 aromatic carbocycles. The Morgan fingerprint density at radius 2 is 1.40 bits per heavy atom. The molecule has 0 amide bonds. The third kappa shape index (κ3) is 1.47. The molecule has 3 saturated carbocycles. The van der Waals surface area contributed by atoms with Gasteiger partial charge in [-0.3, -0.25) is 0 Å². The van der Waals surface area contributed by atoms with Gasteiger partial charge in [-0.2, -0.15) is 0 Å². The first-order valence-electron chi connectivity index (χ1n) is 6.93. The monoisotopic (exact) mass is 208 g/mol. The molecule has 88 valence electrons. The zero-order valence-electron chi connectivity index (χ0n) is 11.3. The SMILES string of the molecule is CC(C)C12CCC(C(C)C)(CC1)C(C)C2. The Hall–Kier alpha value is 0. The van der Waals surface area contributed by atoms with Crippen LogP contribution in [0.4, 0.5) is 0 Å². The summed E-state index contributed by atoms with van der Waals surface area (Å²) in [4.78, 5) is 0. The lowest BCUT2D eigenvalue weighted by atomic mass is 9.44. The van der Waals surface area contributed by atoms with E-state index in [9.17, 15) is 0 Å². The lowest BCUT2D eigenvalue weighted by Gasteiger charge is -2.61. The van der Waals surface area contributed by atoms with E-state index in [1.54, 1.807) is 0 Å². The van der Waals surface area contributed by atoms with Gasteiger partial charge in [-0.25, -0.2) is 0 Å². The molecule has 0 heteroatoms. The molecule has 0 spiro atoms. The second-order valence-electron chi connectivity index (χ2n) is 7.01. The summed E-state index contributed by atoms with van der Waals surface area (Å²) in [5.41, 5.74) is 1.42. The molecule has 15 heavy (non-hydrogen) atoms. The summed E-state index contributed by atoms with van der Waals surface area (Å²) in [6.07, 6.45) is 7.53. The molecule has 0 radical (unpaired) electrons. The van der Waals surface area contributed by atoms with Gasteiger partial charge in [0.05, 0.1) is 0 Å². The van der Waals surface area contributed by atoms with Crippen LogP contribution in [-0.2, 0) is 0 Å². The van der Waals surface area contributed by atoms with Crippen molar-refractivity contribution in [3.05, 3.63) is 0 Å². The highest BCUT2D eigenvalue weighted by molar-refractivity contribution is 5.04. The smallest absolute Gasteiger partial charge is 0.0248 e. The van der Waals surface area contributed by atoms with E-state index in [1.165, 1.54) is 32.1 Å². The summed E-state index contributed by atoms with van der Waals surface area (Å²) in [6, 6.07) is 0. The Labute approximate surface area is 95.8 Å². The van der Waals surface area contributed by atoms with Gasteiger partial charge in [-0.15, -0.1) is 0 Å². The van der Waals surface area contributed by atoms with Crippen LogP contribution in [0.15, 0.2) is 0 Å². The summed E-state index contributed by atoms with van der Waals surface area (Å²) in [5, 5.41) is 0. The maximum Gasteiger partial charge on any atom is -0.0248 e.